The van der Waals surface area contributed by atoms with Crippen LogP contribution in [0, 0.1) is 12.8 Å². The van der Waals surface area contributed by atoms with E-state index in [1.807, 2.05) is 0 Å². The van der Waals surface area contributed by atoms with Gasteiger partial charge in [-0.3, -0.25) is 14.4 Å². The molecule has 2 amide bonds. The zero-order valence-corrected chi connectivity index (χ0v) is 12.9. The first-order valence-electron chi connectivity index (χ1n) is 7.17. The second-order valence-electron chi connectivity index (χ2n) is 5.43. The topological polar surface area (TPSA) is 131 Å². The molecule has 1 aliphatic rings. The Bertz CT molecular complexity index is 599. The Labute approximate surface area is 132 Å². The molecular formula is C14H19N3O6. The number of carbonyl (C=O) groups excluding carboxylic acids is 3. The van der Waals surface area contributed by atoms with E-state index in [9.17, 15) is 19.5 Å². The minimum Gasteiger partial charge on any atom is -0.468 e. The Balaban J connectivity index is 1.87. The van der Waals surface area contributed by atoms with Crippen molar-refractivity contribution in [1.82, 2.24) is 15.8 Å². The molecule has 1 aromatic rings. The third-order valence-corrected chi connectivity index (χ3v) is 3.71. The smallest absolute Gasteiger partial charge is 0.325 e. The fourth-order valence-corrected chi connectivity index (χ4v) is 2.48. The first-order valence-corrected chi connectivity index (χ1v) is 7.17. The highest BCUT2D eigenvalue weighted by Gasteiger charge is 2.38. The van der Waals surface area contributed by atoms with Gasteiger partial charge in [-0.1, -0.05) is 5.16 Å². The minimum absolute atomic E-state index is 0.119. The predicted octanol–water partition coefficient (Wildman–Crippen LogP) is -0.858. The van der Waals surface area contributed by atoms with Crippen molar-refractivity contribution >= 4 is 17.8 Å². The molecule has 23 heavy (non-hydrogen) atoms. The maximum absolute atomic E-state index is 12.0. The number of aliphatic hydroxyl groups is 1. The van der Waals surface area contributed by atoms with Gasteiger partial charge in [-0.05, 0) is 19.8 Å². The van der Waals surface area contributed by atoms with Crippen LogP contribution in [0.25, 0.3) is 0 Å². The van der Waals surface area contributed by atoms with E-state index in [2.05, 4.69) is 20.5 Å². The summed E-state index contributed by atoms with van der Waals surface area (Å²) in [6.07, 6.45) is -0.368. The zero-order valence-electron chi connectivity index (χ0n) is 12.9. The lowest BCUT2D eigenvalue weighted by Crippen LogP contribution is -2.40. The van der Waals surface area contributed by atoms with Gasteiger partial charge in [-0.2, -0.15) is 0 Å². The molecule has 0 saturated heterocycles. The van der Waals surface area contributed by atoms with Gasteiger partial charge < -0.3 is 25.0 Å². The van der Waals surface area contributed by atoms with Gasteiger partial charge >= 0.3 is 5.97 Å². The summed E-state index contributed by atoms with van der Waals surface area (Å²) in [6.45, 7) is 1.44. The molecule has 1 heterocycles. The molecule has 1 aliphatic carbocycles. The number of nitrogens with one attached hydrogen (secondary N) is 2. The van der Waals surface area contributed by atoms with Gasteiger partial charge in [0.15, 0.2) is 5.69 Å². The van der Waals surface area contributed by atoms with E-state index in [-0.39, 0.29) is 31.0 Å². The monoisotopic (exact) mass is 325 g/mol. The molecule has 9 heteroatoms. The maximum atomic E-state index is 12.0. The number of hydrogen-bond donors (Lipinski definition) is 3. The van der Waals surface area contributed by atoms with Crippen LogP contribution in [0.5, 0.6) is 0 Å². The van der Waals surface area contributed by atoms with Crippen LogP contribution in [0.15, 0.2) is 10.6 Å². The first kappa shape index (κ1) is 16.9. The molecule has 0 aromatic carbocycles. The number of rotatable bonds is 5. The van der Waals surface area contributed by atoms with E-state index in [1.54, 1.807) is 6.92 Å². The Morgan fingerprint density at radius 3 is 2.78 bits per heavy atom. The van der Waals surface area contributed by atoms with Gasteiger partial charge in [0.25, 0.3) is 5.91 Å². The largest absolute Gasteiger partial charge is 0.468 e. The van der Waals surface area contributed by atoms with E-state index in [0.29, 0.717) is 5.76 Å². The third kappa shape index (κ3) is 4.28. The van der Waals surface area contributed by atoms with Gasteiger partial charge in [0, 0.05) is 12.0 Å². The molecule has 0 bridgehead atoms. The van der Waals surface area contributed by atoms with Crippen molar-refractivity contribution in [3.05, 3.63) is 17.5 Å². The Hall–Kier alpha value is -2.42. The van der Waals surface area contributed by atoms with E-state index < -0.39 is 29.9 Å². The summed E-state index contributed by atoms with van der Waals surface area (Å²) in [5.41, 5.74) is 0.119. The normalized spacial score (nSPS) is 23.3. The highest BCUT2D eigenvalue weighted by atomic mass is 16.5. The molecule has 2 rings (SSSR count). The Kier molecular flexibility index (Phi) is 5.32. The number of ether oxygens (including phenoxy) is 1. The third-order valence-electron chi connectivity index (χ3n) is 3.71. The summed E-state index contributed by atoms with van der Waals surface area (Å²) in [5.74, 6) is -1.37. The maximum Gasteiger partial charge on any atom is 0.325 e. The molecule has 9 nitrogen and oxygen atoms in total. The fraction of sp³-hybridized carbons (Fsp3) is 0.571. The molecule has 3 atom stereocenters. The minimum atomic E-state index is -0.846. The number of carbonyl (C=O) groups is 3. The van der Waals surface area contributed by atoms with Crippen molar-refractivity contribution in [2.24, 2.45) is 5.92 Å². The SMILES string of the molecule is COC(=O)CNC(=O)[C@@H]1C[C@@H](O)[C@H](NC(=O)c2cc(C)on2)C1. The van der Waals surface area contributed by atoms with E-state index in [0.717, 1.165) is 0 Å². The number of aliphatic hydroxyl groups excluding tert-OH is 1. The number of esters is 1. The molecule has 1 aromatic heterocycles. The van der Waals surface area contributed by atoms with Gasteiger partial charge in [-0.25, -0.2) is 0 Å². The average Bonchev–Trinajstić information content (AvgIpc) is 3.11. The van der Waals surface area contributed by atoms with Gasteiger partial charge in [0.1, 0.15) is 12.3 Å². The second kappa shape index (κ2) is 7.23. The van der Waals surface area contributed by atoms with Gasteiger partial charge in [0.05, 0.1) is 19.3 Å². The van der Waals surface area contributed by atoms with Crippen LogP contribution in [-0.4, -0.2) is 53.8 Å². The average molecular weight is 325 g/mol. The van der Waals surface area contributed by atoms with E-state index in [4.69, 9.17) is 4.52 Å². The number of amides is 2. The zero-order chi connectivity index (χ0) is 17.0. The molecule has 0 aliphatic heterocycles. The van der Waals surface area contributed by atoms with Crippen molar-refractivity contribution in [2.75, 3.05) is 13.7 Å². The summed E-state index contributed by atoms with van der Waals surface area (Å²) in [6, 6.07) is 0.922. The molecule has 0 unspecified atom stereocenters. The highest BCUT2D eigenvalue weighted by Crippen LogP contribution is 2.26. The van der Waals surface area contributed by atoms with Crippen molar-refractivity contribution in [2.45, 2.75) is 31.9 Å². The number of nitrogens with zero attached hydrogens (tertiary/aromatic N) is 1. The van der Waals surface area contributed by atoms with E-state index >= 15 is 0 Å². The predicted molar refractivity (Wildman–Crippen MR) is 76.3 cm³/mol. The van der Waals surface area contributed by atoms with Crippen LogP contribution < -0.4 is 10.6 Å². The van der Waals surface area contributed by atoms with Crippen LogP contribution in [0.1, 0.15) is 29.1 Å². The number of aryl methyl sites for hydroxylation is 1. The van der Waals surface area contributed by atoms with Gasteiger partial charge in [0.2, 0.25) is 5.91 Å². The summed E-state index contributed by atoms with van der Waals surface area (Å²) in [7, 11) is 1.23. The number of aromatic nitrogens is 1. The highest BCUT2D eigenvalue weighted by molar-refractivity contribution is 5.92. The number of methoxy groups -OCH3 is 1. The van der Waals surface area contributed by atoms with Crippen LogP contribution in [-0.2, 0) is 14.3 Å². The molecule has 1 saturated carbocycles. The lowest BCUT2D eigenvalue weighted by Gasteiger charge is -2.15. The fourth-order valence-electron chi connectivity index (χ4n) is 2.48. The van der Waals surface area contributed by atoms with Crippen LogP contribution >= 0.6 is 0 Å². The molecule has 0 spiro atoms. The molecule has 126 valence electrons. The lowest BCUT2D eigenvalue weighted by molar-refractivity contribution is -0.141. The Morgan fingerprint density at radius 2 is 2.17 bits per heavy atom. The standard InChI is InChI=1S/C14H19N3O6/c1-7-3-10(17-23-7)14(21)16-9-4-8(5-11(9)18)13(20)15-6-12(19)22-2/h3,8-9,11,18H,4-6H2,1-2H3,(H,15,20)(H,16,21)/t8-,9+,11+/m0/s1. The lowest BCUT2D eigenvalue weighted by atomic mass is 10.1. The van der Waals surface area contributed by atoms with Crippen LogP contribution in [0.3, 0.4) is 0 Å². The Morgan fingerprint density at radius 1 is 1.43 bits per heavy atom. The summed E-state index contributed by atoms with van der Waals surface area (Å²) in [4.78, 5) is 34.9. The van der Waals surface area contributed by atoms with Crippen LogP contribution in [0.4, 0.5) is 0 Å². The first-order chi connectivity index (χ1) is 10.9. The second-order valence-corrected chi connectivity index (χ2v) is 5.43. The van der Waals surface area contributed by atoms with Crippen LogP contribution in [0.2, 0.25) is 0 Å². The molecule has 0 radical (unpaired) electrons. The van der Waals surface area contributed by atoms with Crippen molar-refractivity contribution < 1.29 is 28.8 Å². The summed E-state index contributed by atoms with van der Waals surface area (Å²) in [5, 5.41) is 18.7. The summed E-state index contributed by atoms with van der Waals surface area (Å²) >= 11 is 0. The quantitative estimate of drug-likeness (QED) is 0.600. The van der Waals surface area contributed by atoms with Crippen molar-refractivity contribution in [3.63, 3.8) is 0 Å². The van der Waals surface area contributed by atoms with Crippen molar-refractivity contribution in [3.8, 4) is 0 Å². The number of hydrogen-bond acceptors (Lipinski definition) is 7. The van der Waals surface area contributed by atoms with Gasteiger partial charge in [-0.15, -0.1) is 0 Å². The molecular weight excluding hydrogens is 306 g/mol. The summed E-state index contributed by atoms with van der Waals surface area (Å²) < 4.78 is 9.25. The van der Waals surface area contributed by atoms with E-state index in [1.165, 1.54) is 13.2 Å². The molecule has 1 fully saturated rings. The molecule has 3 N–H and O–H groups in total. The van der Waals surface area contributed by atoms with Crippen molar-refractivity contribution in [1.29, 1.82) is 0 Å².